The van der Waals surface area contributed by atoms with Gasteiger partial charge >= 0.3 is 116 Å². The van der Waals surface area contributed by atoms with Gasteiger partial charge in [-0.3, -0.25) is 0 Å². The summed E-state index contributed by atoms with van der Waals surface area (Å²) in [5, 5.41) is 2.79. The van der Waals surface area contributed by atoms with Gasteiger partial charge in [0, 0.05) is 0 Å². The Balaban J connectivity index is 2.06. The van der Waals surface area contributed by atoms with Crippen molar-refractivity contribution in [1.82, 2.24) is 4.98 Å². The molecular weight excluding hydrogens is 309 g/mol. The van der Waals surface area contributed by atoms with Crippen molar-refractivity contribution in [3.05, 3.63) is 34.3 Å². The summed E-state index contributed by atoms with van der Waals surface area (Å²) in [5.41, 5.74) is 6.87. The summed E-state index contributed by atoms with van der Waals surface area (Å²) in [6.07, 6.45) is 0.441. The number of benzene rings is 1. The maximum atomic E-state index is 11.8. The van der Waals surface area contributed by atoms with Crippen molar-refractivity contribution in [3.8, 4) is 5.75 Å². The number of nitrogens with one attached hydrogen (secondary N) is 1. The molecule has 1 amide bonds. The third kappa shape index (κ3) is 2.25. The number of aromatic nitrogens is 1. The molecule has 0 fully saturated rings. The molecule has 6 heteroatoms. The van der Waals surface area contributed by atoms with Crippen molar-refractivity contribution in [1.29, 1.82) is 0 Å². The molecule has 0 saturated carbocycles. The van der Waals surface area contributed by atoms with Crippen LogP contribution in [0.4, 0.5) is 10.5 Å². The van der Waals surface area contributed by atoms with E-state index < -0.39 is 0 Å². The molecule has 1 aliphatic rings. The predicted molar refractivity (Wildman–Crippen MR) is 73.7 cm³/mol. The molecule has 0 spiro atoms. The second-order valence-corrected chi connectivity index (χ2v) is 6.58. The van der Waals surface area contributed by atoms with Gasteiger partial charge < -0.3 is 0 Å². The predicted octanol–water partition coefficient (Wildman–Crippen LogP) is 1.20. The van der Waals surface area contributed by atoms with Gasteiger partial charge in [0.2, 0.25) is 0 Å². The number of nitrogen functional groups attached to an aromatic ring is 1. The first-order valence-corrected chi connectivity index (χ1v) is 7.58. The average Bonchev–Trinajstić information content (AvgIpc) is 2.78. The molecule has 1 aromatic carbocycles. The normalized spacial score (nSPS) is 17.7. The van der Waals surface area contributed by atoms with Crippen molar-refractivity contribution < 1.29 is 9.53 Å². The van der Waals surface area contributed by atoms with E-state index in [9.17, 15) is 4.79 Å². The quantitative estimate of drug-likeness (QED) is 0.815. The maximum absolute atomic E-state index is 11.8. The van der Waals surface area contributed by atoms with E-state index >= 15 is 0 Å². The zero-order chi connectivity index (χ0) is 13.4. The fourth-order valence-corrected chi connectivity index (χ4v) is 4.19. The molecular formula is C13H13N3O2Se. The van der Waals surface area contributed by atoms with Crippen LogP contribution in [0, 0.1) is 0 Å². The van der Waals surface area contributed by atoms with E-state index in [1.165, 1.54) is 0 Å². The van der Waals surface area contributed by atoms with E-state index in [1.807, 2.05) is 24.3 Å². The Bertz CT molecular complexity index is 639. The van der Waals surface area contributed by atoms with Crippen molar-refractivity contribution >= 4 is 30.9 Å². The molecule has 3 rings (SSSR count). The molecule has 0 radical (unpaired) electrons. The summed E-state index contributed by atoms with van der Waals surface area (Å²) in [6.45, 7) is 0. The Kier molecular flexibility index (Phi) is 3.05. The molecule has 98 valence electrons. The number of carbonyl (C=O) groups is 1. The Morgan fingerprint density at radius 2 is 2.37 bits per heavy atom. The zero-order valence-electron chi connectivity index (χ0n) is 10.3. The molecule has 1 atom stereocenters. The summed E-state index contributed by atoms with van der Waals surface area (Å²) >= 11 is 0.0246. The Hall–Kier alpha value is -1.78. The molecule has 1 aromatic heterocycles. The number of nitrogens with two attached hydrogens (primary N) is 1. The molecule has 0 bridgehead atoms. The molecule has 1 aliphatic heterocycles. The standard InChI is InChI=1S/C13H13N3O2Se/c1-18-8-4-2-3-7(5-8)9-6-10(17)15-12-11(9)19-13(14)16-12/h2-5,9H,6H2,1H3,(H2,14,16)(H,15,17). The minimum atomic E-state index is -0.0131. The third-order valence-electron chi connectivity index (χ3n) is 3.13. The zero-order valence-corrected chi connectivity index (χ0v) is 12.1. The van der Waals surface area contributed by atoms with Crippen LogP contribution < -0.4 is 15.8 Å². The number of rotatable bonds is 2. The number of carbonyl (C=O) groups excluding carboxylic acids is 1. The number of ether oxygens (including phenoxy) is 1. The van der Waals surface area contributed by atoms with Gasteiger partial charge in [-0.15, -0.1) is 0 Å². The Morgan fingerprint density at radius 1 is 1.53 bits per heavy atom. The Labute approximate surface area is 116 Å². The van der Waals surface area contributed by atoms with Crippen LogP contribution in [0.1, 0.15) is 22.3 Å². The molecule has 1 unspecified atom stereocenters. The van der Waals surface area contributed by atoms with Crippen LogP contribution in [0.5, 0.6) is 5.75 Å². The molecule has 2 heterocycles. The molecule has 19 heavy (non-hydrogen) atoms. The van der Waals surface area contributed by atoms with Crippen molar-refractivity contribution in [3.63, 3.8) is 0 Å². The van der Waals surface area contributed by atoms with Crippen LogP contribution in [-0.2, 0) is 4.79 Å². The van der Waals surface area contributed by atoms with Gasteiger partial charge in [-0.05, 0) is 0 Å². The first kappa shape index (κ1) is 12.3. The van der Waals surface area contributed by atoms with Crippen LogP contribution in [0.25, 0.3) is 0 Å². The van der Waals surface area contributed by atoms with Crippen LogP contribution in [0.15, 0.2) is 24.3 Å². The number of nitrogens with zero attached hydrogens (tertiary/aromatic N) is 1. The summed E-state index contributed by atoms with van der Waals surface area (Å²) in [7, 11) is 1.64. The fourth-order valence-electron chi connectivity index (χ4n) is 2.26. The van der Waals surface area contributed by atoms with E-state index in [1.54, 1.807) is 7.11 Å². The van der Waals surface area contributed by atoms with E-state index in [2.05, 4.69) is 10.3 Å². The molecule has 0 saturated heterocycles. The summed E-state index contributed by atoms with van der Waals surface area (Å²) in [4.78, 5) is 16.0. The van der Waals surface area contributed by atoms with E-state index in [0.717, 1.165) is 15.8 Å². The molecule has 2 aromatic rings. The first-order valence-electron chi connectivity index (χ1n) is 5.87. The second-order valence-electron chi connectivity index (χ2n) is 4.35. The van der Waals surface area contributed by atoms with Crippen molar-refractivity contribution in [2.24, 2.45) is 0 Å². The van der Waals surface area contributed by atoms with Crippen LogP contribution in [0.3, 0.4) is 0 Å². The number of methoxy groups -OCH3 is 1. The van der Waals surface area contributed by atoms with Crippen molar-refractivity contribution in [2.45, 2.75) is 12.3 Å². The monoisotopic (exact) mass is 323 g/mol. The third-order valence-corrected chi connectivity index (χ3v) is 5.22. The molecule has 0 aliphatic carbocycles. The number of anilines is 2. The number of fused-ring (bicyclic) bond motifs is 1. The van der Waals surface area contributed by atoms with Gasteiger partial charge in [-0.1, -0.05) is 0 Å². The van der Waals surface area contributed by atoms with Gasteiger partial charge in [0.15, 0.2) is 0 Å². The van der Waals surface area contributed by atoms with Gasteiger partial charge in [0.1, 0.15) is 0 Å². The topological polar surface area (TPSA) is 77.2 Å². The summed E-state index contributed by atoms with van der Waals surface area (Å²) in [5.74, 6) is 1.50. The van der Waals surface area contributed by atoms with E-state index in [0.29, 0.717) is 16.9 Å². The minimum absolute atomic E-state index is 0.0131. The second kappa shape index (κ2) is 4.72. The average molecular weight is 322 g/mol. The van der Waals surface area contributed by atoms with Gasteiger partial charge in [-0.2, -0.15) is 0 Å². The van der Waals surface area contributed by atoms with E-state index in [-0.39, 0.29) is 26.3 Å². The van der Waals surface area contributed by atoms with Crippen molar-refractivity contribution in [2.75, 3.05) is 18.2 Å². The molecule has 3 N–H and O–H groups in total. The fraction of sp³-hybridized carbons (Fsp3) is 0.231. The number of hydrogen-bond acceptors (Lipinski definition) is 4. The van der Waals surface area contributed by atoms with Gasteiger partial charge in [0.05, 0.1) is 0 Å². The first-order chi connectivity index (χ1) is 9.17. The van der Waals surface area contributed by atoms with Crippen LogP contribution >= 0.6 is 0 Å². The van der Waals surface area contributed by atoms with Crippen LogP contribution in [0.2, 0.25) is 0 Å². The number of hydrogen-bond donors (Lipinski definition) is 2. The number of amides is 1. The Morgan fingerprint density at radius 3 is 3.16 bits per heavy atom. The van der Waals surface area contributed by atoms with Crippen LogP contribution in [-0.4, -0.2) is 32.5 Å². The summed E-state index contributed by atoms with van der Waals surface area (Å²) < 4.78 is 7.01. The molecule has 5 nitrogen and oxygen atoms in total. The van der Waals surface area contributed by atoms with Gasteiger partial charge in [0.25, 0.3) is 0 Å². The van der Waals surface area contributed by atoms with E-state index in [4.69, 9.17) is 10.5 Å². The van der Waals surface area contributed by atoms with Gasteiger partial charge in [-0.25, -0.2) is 0 Å². The SMILES string of the molecule is COc1cccc(C2CC(=O)Nc3nc(N)[se]c32)c1. The summed E-state index contributed by atoms with van der Waals surface area (Å²) in [6, 6.07) is 7.82.